The summed E-state index contributed by atoms with van der Waals surface area (Å²) in [6.45, 7) is 2.70. The SMILES string of the molecule is O=C(CC1(COc2ccc(F)cc2)CN(C(=O)Cn2cccn2)CCO1)N1CCCCC1. The predicted molar refractivity (Wildman–Crippen MR) is 114 cm³/mol. The molecule has 4 rings (SSSR count). The monoisotopic (exact) mass is 444 g/mol. The third-order valence-corrected chi connectivity index (χ3v) is 5.96. The molecule has 1 unspecified atom stereocenters. The molecule has 0 radical (unpaired) electrons. The van der Waals surface area contributed by atoms with Gasteiger partial charge in [0.1, 0.15) is 30.3 Å². The van der Waals surface area contributed by atoms with Gasteiger partial charge in [-0.3, -0.25) is 14.3 Å². The maximum atomic E-state index is 13.2. The molecule has 0 bridgehead atoms. The summed E-state index contributed by atoms with van der Waals surface area (Å²) in [6.07, 6.45) is 6.63. The van der Waals surface area contributed by atoms with Crippen LogP contribution in [0.25, 0.3) is 0 Å². The van der Waals surface area contributed by atoms with Gasteiger partial charge in [-0.25, -0.2) is 4.39 Å². The van der Waals surface area contributed by atoms with Gasteiger partial charge < -0.3 is 19.3 Å². The highest BCUT2D eigenvalue weighted by atomic mass is 19.1. The zero-order valence-electron chi connectivity index (χ0n) is 18.1. The van der Waals surface area contributed by atoms with Crippen molar-refractivity contribution in [2.45, 2.75) is 37.8 Å². The van der Waals surface area contributed by atoms with Crippen LogP contribution in [0.15, 0.2) is 42.7 Å². The lowest BCUT2D eigenvalue weighted by Gasteiger charge is -2.43. The van der Waals surface area contributed by atoms with E-state index in [4.69, 9.17) is 9.47 Å². The lowest BCUT2D eigenvalue weighted by molar-refractivity contribution is -0.166. The number of halogens is 1. The van der Waals surface area contributed by atoms with E-state index in [-0.39, 0.29) is 43.7 Å². The zero-order chi connectivity index (χ0) is 22.4. The quantitative estimate of drug-likeness (QED) is 0.654. The number of piperidine rings is 1. The Morgan fingerprint density at radius 2 is 1.84 bits per heavy atom. The normalized spacial score (nSPS) is 21.4. The fourth-order valence-electron chi connectivity index (χ4n) is 4.21. The van der Waals surface area contributed by atoms with Crippen molar-refractivity contribution in [1.82, 2.24) is 19.6 Å². The number of aromatic nitrogens is 2. The van der Waals surface area contributed by atoms with Crippen LogP contribution in [0.2, 0.25) is 0 Å². The van der Waals surface area contributed by atoms with Gasteiger partial charge in [0.25, 0.3) is 0 Å². The first kappa shape index (κ1) is 22.3. The fraction of sp³-hybridized carbons (Fsp3) is 0.522. The van der Waals surface area contributed by atoms with Crippen LogP contribution in [-0.4, -0.2) is 76.4 Å². The highest BCUT2D eigenvalue weighted by Gasteiger charge is 2.42. The molecule has 172 valence electrons. The van der Waals surface area contributed by atoms with Crippen molar-refractivity contribution in [3.05, 3.63) is 48.5 Å². The molecule has 2 amide bonds. The van der Waals surface area contributed by atoms with Crippen LogP contribution < -0.4 is 4.74 Å². The molecule has 0 aliphatic carbocycles. The van der Waals surface area contributed by atoms with E-state index in [1.807, 2.05) is 4.90 Å². The summed E-state index contributed by atoms with van der Waals surface area (Å²) < 4.78 is 26.9. The molecule has 1 aromatic carbocycles. The maximum Gasteiger partial charge on any atom is 0.244 e. The first-order valence-corrected chi connectivity index (χ1v) is 11.1. The van der Waals surface area contributed by atoms with Gasteiger partial charge in [-0.1, -0.05) is 0 Å². The highest BCUT2D eigenvalue weighted by Crippen LogP contribution is 2.26. The van der Waals surface area contributed by atoms with E-state index in [0.717, 1.165) is 32.4 Å². The molecule has 0 saturated carbocycles. The molecule has 8 nitrogen and oxygen atoms in total. The molecule has 0 spiro atoms. The molecule has 9 heteroatoms. The number of nitrogens with zero attached hydrogens (tertiary/aromatic N) is 4. The third kappa shape index (κ3) is 5.64. The van der Waals surface area contributed by atoms with Gasteiger partial charge in [0.15, 0.2) is 0 Å². The van der Waals surface area contributed by atoms with Crippen LogP contribution >= 0.6 is 0 Å². The summed E-state index contributed by atoms with van der Waals surface area (Å²) in [5.41, 5.74) is -0.971. The minimum Gasteiger partial charge on any atom is -0.490 e. The van der Waals surface area contributed by atoms with Crippen LogP contribution in [0, 0.1) is 5.82 Å². The van der Waals surface area contributed by atoms with Gasteiger partial charge in [-0.2, -0.15) is 5.10 Å². The van der Waals surface area contributed by atoms with Crippen LogP contribution in [0.4, 0.5) is 4.39 Å². The van der Waals surface area contributed by atoms with Crippen LogP contribution in [0.5, 0.6) is 5.75 Å². The van der Waals surface area contributed by atoms with Gasteiger partial charge in [-0.15, -0.1) is 0 Å². The van der Waals surface area contributed by atoms with Crippen LogP contribution in [0.3, 0.4) is 0 Å². The number of hydrogen-bond donors (Lipinski definition) is 0. The molecule has 2 aliphatic rings. The van der Waals surface area contributed by atoms with Crippen molar-refractivity contribution < 1.29 is 23.5 Å². The Kier molecular flexibility index (Phi) is 7.04. The summed E-state index contributed by atoms with van der Waals surface area (Å²) in [6, 6.07) is 7.49. The number of benzene rings is 1. The van der Waals surface area contributed by atoms with E-state index in [9.17, 15) is 14.0 Å². The predicted octanol–water partition coefficient (Wildman–Crippen LogP) is 2.10. The smallest absolute Gasteiger partial charge is 0.244 e. The first-order chi connectivity index (χ1) is 15.5. The minimum atomic E-state index is -0.971. The minimum absolute atomic E-state index is 0.00813. The van der Waals surface area contributed by atoms with E-state index in [0.29, 0.717) is 18.9 Å². The van der Waals surface area contributed by atoms with Gasteiger partial charge in [-0.05, 0) is 49.6 Å². The Morgan fingerprint density at radius 3 is 2.56 bits per heavy atom. The summed E-state index contributed by atoms with van der Waals surface area (Å²) in [5, 5.41) is 4.10. The summed E-state index contributed by atoms with van der Waals surface area (Å²) in [4.78, 5) is 29.6. The van der Waals surface area contributed by atoms with Crippen molar-refractivity contribution in [2.75, 3.05) is 39.4 Å². The number of carbonyl (C=O) groups excluding carboxylic acids is 2. The fourth-order valence-corrected chi connectivity index (χ4v) is 4.21. The van der Waals surface area contributed by atoms with Gasteiger partial charge in [0.05, 0.1) is 19.6 Å². The van der Waals surface area contributed by atoms with E-state index in [1.165, 1.54) is 12.1 Å². The lowest BCUT2D eigenvalue weighted by Crippen LogP contribution is -2.59. The van der Waals surface area contributed by atoms with E-state index in [2.05, 4.69) is 5.10 Å². The number of ether oxygens (including phenoxy) is 2. The number of hydrogen-bond acceptors (Lipinski definition) is 5. The Hall–Kier alpha value is -2.94. The molecule has 1 aromatic heterocycles. The molecule has 2 fully saturated rings. The summed E-state index contributed by atoms with van der Waals surface area (Å²) in [5.74, 6) is 0.0544. The average Bonchev–Trinajstić information content (AvgIpc) is 3.32. The molecule has 3 heterocycles. The first-order valence-electron chi connectivity index (χ1n) is 11.1. The Balaban J connectivity index is 1.48. The number of amides is 2. The van der Waals surface area contributed by atoms with Gasteiger partial charge >= 0.3 is 0 Å². The van der Waals surface area contributed by atoms with Crippen molar-refractivity contribution in [3.8, 4) is 5.75 Å². The second kappa shape index (κ2) is 10.1. The summed E-state index contributed by atoms with van der Waals surface area (Å²) in [7, 11) is 0. The second-order valence-electron chi connectivity index (χ2n) is 8.41. The molecule has 2 aliphatic heterocycles. The molecule has 1 atom stereocenters. The van der Waals surface area contributed by atoms with E-state index >= 15 is 0 Å². The molecular weight excluding hydrogens is 415 g/mol. The summed E-state index contributed by atoms with van der Waals surface area (Å²) >= 11 is 0. The van der Waals surface area contributed by atoms with Crippen LogP contribution in [0.1, 0.15) is 25.7 Å². The van der Waals surface area contributed by atoms with Gasteiger partial charge in [0, 0.05) is 32.0 Å². The Labute approximate surface area is 186 Å². The molecule has 32 heavy (non-hydrogen) atoms. The van der Waals surface area contributed by atoms with E-state index in [1.54, 1.807) is 40.2 Å². The third-order valence-electron chi connectivity index (χ3n) is 5.96. The van der Waals surface area contributed by atoms with Crippen molar-refractivity contribution in [2.24, 2.45) is 0 Å². The largest absolute Gasteiger partial charge is 0.490 e. The number of rotatable bonds is 7. The van der Waals surface area contributed by atoms with Crippen molar-refractivity contribution in [1.29, 1.82) is 0 Å². The second-order valence-corrected chi connectivity index (χ2v) is 8.41. The molecule has 2 saturated heterocycles. The highest BCUT2D eigenvalue weighted by molar-refractivity contribution is 5.78. The van der Waals surface area contributed by atoms with E-state index < -0.39 is 5.60 Å². The number of likely N-dealkylation sites (tertiary alicyclic amines) is 1. The Morgan fingerprint density at radius 1 is 1.06 bits per heavy atom. The molecular formula is C23H29FN4O4. The molecule has 0 N–H and O–H groups in total. The van der Waals surface area contributed by atoms with Crippen molar-refractivity contribution >= 4 is 11.8 Å². The lowest BCUT2D eigenvalue weighted by atomic mass is 9.96. The zero-order valence-corrected chi connectivity index (χ0v) is 18.1. The maximum absolute atomic E-state index is 13.2. The topological polar surface area (TPSA) is 76.9 Å². The number of morpholine rings is 1. The van der Waals surface area contributed by atoms with Gasteiger partial charge in [0.2, 0.25) is 11.8 Å². The standard InChI is InChI=1S/C23H29FN4O4/c24-19-5-7-20(8-6-19)31-18-23(15-21(29)26-10-2-1-3-11-26)17-27(13-14-32-23)22(30)16-28-12-4-9-25-28/h4-9,12H,1-3,10-11,13-18H2. The Bertz CT molecular complexity index is 899. The molecule has 2 aromatic rings. The average molecular weight is 445 g/mol. The van der Waals surface area contributed by atoms with Crippen LogP contribution in [-0.2, 0) is 20.9 Å². The number of carbonyl (C=O) groups is 2. The van der Waals surface area contributed by atoms with Crippen molar-refractivity contribution in [3.63, 3.8) is 0 Å².